The average Bonchev–Trinajstić information content (AvgIpc) is 3.08. The van der Waals surface area contributed by atoms with Gasteiger partial charge in [-0.25, -0.2) is 4.79 Å². The number of rotatable bonds is 12. The predicted octanol–water partition coefficient (Wildman–Crippen LogP) is 2.46. The molecule has 0 saturated carbocycles. The first-order valence-corrected chi connectivity index (χ1v) is 12.1. The van der Waals surface area contributed by atoms with Gasteiger partial charge in [0.25, 0.3) is 5.91 Å². The Morgan fingerprint density at radius 1 is 1.14 bits per heavy atom. The third-order valence-corrected chi connectivity index (χ3v) is 6.10. The van der Waals surface area contributed by atoms with Crippen molar-refractivity contribution in [3.05, 3.63) is 66.0 Å². The molecule has 1 unspecified atom stereocenters. The number of guanidine groups is 1. The van der Waals surface area contributed by atoms with E-state index >= 15 is 0 Å². The van der Waals surface area contributed by atoms with E-state index in [1.54, 1.807) is 24.5 Å². The maximum atomic E-state index is 13.5. The number of benzene rings is 1. The first-order chi connectivity index (χ1) is 17.2. The Morgan fingerprint density at radius 3 is 2.47 bits per heavy atom. The molecule has 3 rings (SSSR count). The zero-order chi connectivity index (χ0) is 26.1. The van der Waals surface area contributed by atoms with Gasteiger partial charge in [0.05, 0.1) is 0 Å². The van der Waals surface area contributed by atoms with Crippen molar-refractivity contribution < 1.29 is 19.5 Å². The number of hydrogen-bond acceptors (Lipinski definition) is 5. The summed E-state index contributed by atoms with van der Waals surface area (Å²) < 4.78 is 0. The number of aromatic nitrogens is 1. The van der Waals surface area contributed by atoms with Gasteiger partial charge < -0.3 is 21.1 Å². The normalized spacial score (nSPS) is 18.1. The van der Waals surface area contributed by atoms with Crippen LogP contribution in [0.25, 0.3) is 0 Å². The Hall–Kier alpha value is -3.95. The number of carboxylic acid groups (broad SMARTS) is 1. The third-order valence-electron chi connectivity index (χ3n) is 6.10. The van der Waals surface area contributed by atoms with Crippen LogP contribution in [-0.4, -0.2) is 58.0 Å². The molecule has 2 atom stereocenters. The van der Waals surface area contributed by atoms with E-state index in [0.29, 0.717) is 32.4 Å². The van der Waals surface area contributed by atoms with E-state index in [1.807, 2.05) is 30.3 Å². The van der Waals surface area contributed by atoms with Crippen LogP contribution in [0.3, 0.4) is 0 Å². The van der Waals surface area contributed by atoms with Crippen LogP contribution in [0, 0.1) is 11.3 Å². The molecule has 1 saturated heterocycles. The van der Waals surface area contributed by atoms with E-state index in [9.17, 15) is 14.4 Å². The van der Waals surface area contributed by atoms with E-state index in [2.05, 4.69) is 34.8 Å². The van der Waals surface area contributed by atoms with Crippen molar-refractivity contribution in [2.75, 3.05) is 13.1 Å². The lowest BCUT2D eigenvalue weighted by Gasteiger charge is -2.29. The highest BCUT2D eigenvalue weighted by molar-refractivity contribution is 6.08. The minimum absolute atomic E-state index is 0.0802. The topological polar surface area (TPSA) is 148 Å². The number of carbonyl (C=O) groups is 3. The second-order valence-corrected chi connectivity index (χ2v) is 9.36. The lowest BCUT2D eigenvalue weighted by atomic mass is 9.82. The van der Waals surface area contributed by atoms with Crippen LogP contribution in [0.15, 0.2) is 54.9 Å². The molecule has 1 aliphatic heterocycles. The van der Waals surface area contributed by atoms with Crippen LogP contribution in [0.2, 0.25) is 0 Å². The molecule has 0 radical (unpaired) electrons. The molecule has 0 bridgehead atoms. The van der Waals surface area contributed by atoms with Crippen LogP contribution >= 0.6 is 0 Å². The Kier molecular flexibility index (Phi) is 8.99. The predicted molar refractivity (Wildman–Crippen MR) is 135 cm³/mol. The Labute approximate surface area is 211 Å². The van der Waals surface area contributed by atoms with Crippen molar-refractivity contribution in [2.45, 2.75) is 51.1 Å². The molecule has 1 aromatic carbocycles. The minimum Gasteiger partial charge on any atom is -0.465 e. The molecule has 1 fully saturated rings. The highest BCUT2D eigenvalue weighted by Gasteiger charge is 2.50. The largest absolute Gasteiger partial charge is 0.465 e. The summed E-state index contributed by atoms with van der Waals surface area (Å²) >= 11 is 0. The summed E-state index contributed by atoms with van der Waals surface area (Å²) in [4.78, 5) is 42.6. The van der Waals surface area contributed by atoms with Crippen molar-refractivity contribution in [3.8, 4) is 0 Å². The van der Waals surface area contributed by atoms with Gasteiger partial charge in [-0.1, -0.05) is 44.2 Å². The smallest absolute Gasteiger partial charge is 0.405 e. The Morgan fingerprint density at radius 2 is 1.83 bits per heavy atom. The molecule has 10 heteroatoms. The summed E-state index contributed by atoms with van der Waals surface area (Å²) in [6, 6.07) is 12.0. The lowest BCUT2D eigenvalue weighted by molar-refractivity contribution is -0.132. The van der Waals surface area contributed by atoms with E-state index < -0.39 is 23.6 Å². The number of carbonyl (C=O) groups excluding carboxylic acids is 2. The van der Waals surface area contributed by atoms with Crippen molar-refractivity contribution in [1.29, 1.82) is 5.41 Å². The van der Waals surface area contributed by atoms with Gasteiger partial charge in [0.2, 0.25) is 5.91 Å². The van der Waals surface area contributed by atoms with Crippen LogP contribution < -0.4 is 16.0 Å². The molecule has 3 amide bonds. The van der Waals surface area contributed by atoms with Gasteiger partial charge >= 0.3 is 6.09 Å². The number of pyridine rings is 1. The van der Waals surface area contributed by atoms with E-state index in [-0.39, 0.29) is 24.2 Å². The molecule has 0 spiro atoms. The van der Waals surface area contributed by atoms with Crippen molar-refractivity contribution in [3.63, 3.8) is 0 Å². The lowest BCUT2D eigenvalue weighted by Crippen LogP contribution is -2.47. The van der Waals surface area contributed by atoms with Gasteiger partial charge in [-0.05, 0) is 48.4 Å². The molecular weight excluding hydrogens is 460 g/mol. The fraction of sp³-hybridized carbons (Fsp3) is 0.423. The van der Waals surface area contributed by atoms with Gasteiger partial charge in [0.1, 0.15) is 11.6 Å². The molecule has 36 heavy (non-hydrogen) atoms. The van der Waals surface area contributed by atoms with E-state index in [4.69, 9.17) is 10.5 Å². The van der Waals surface area contributed by atoms with Gasteiger partial charge in [-0.3, -0.25) is 24.9 Å². The zero-order valence-corrected chi connectivity index (χ0v) is 20.7. The van der Waals surface area contributed by atoms with Crippen molar-refractivity contribution in [1.82, 2.24) is 25.8 Å². The number of nitrogens with one attached hydrogen (secondary N) is 4. The molecular formula is C26H34N6O4. The van der Waals surface area contributed by atoms with Gasteiger partial charge in [-0.15, -0.1) is 0 Å². The Bertz CT molecular complexity index is 1060. The number of amides is 3. The zero-order valence-electron chi connectivity index (χ0n) is 20.7. The number of nitrogens with zero attached hydrogens (tertiary/aromatic N) is 2. The van der Waals surface area contributed by atoms with E-state index in [0.717, 1.165) is 11.1 Å². The fourth-order valence-corrected chi connectivity index (χ4v) is 4.50. The summed E-state index contributed by atoms with van der Waals surface area (Å²) in [6.45, 7) is 4.78. The number of unbranched alkanes of at least 4 members (excludes halogenated alkanes) is 1. The summed E-state index contributed by atoms with van der Waals surface area (Å²) in [6.07, 6.45) is 3.83. The quantitative estimate of drug-likeness (QED) is 0.286. The number of hydrogen-bond donors (Lipinski definition) is 5. The van der Waals surface area contributed by atoms with Crippen LogP contribution in [0.4, 0.5) is 4.79 Å². The van der Waals surface area contributed by atoms with Gasteiger partial charge in [-0.2, -0.15) is 0 Å². The molecule has 2 heterocycles. The molecule has 2 aromatic rings. The SMILES string of the molecule is CC(C)C[C@@]1(c2ccccc2)NC(=N)N(CCCCNC(=O)C(Cc2ccncc2)NC(=O)O)C1=O. The monoisotopic (exact) mass is 494 g/mol. The summed E-state index contributed by atoms with van der Waals surface area (Å²) in [5.74, 6) is -0.235. The first kappa shape index (κ1) is 26.7. The van der Waals surface area contributed by atoms with Crippen molar-refractivity contribution >= 4 is 23.9 Å². The molecule has 5 N–H and O–H groups in total. The standard InChI is InChI=1S/C26H34N6O4/c1-18(2)17-26(20-8-4-3-5-9-20)23(34)32(24(27)31-26)15-7-6-12-29-22(33)21(30-25(35)36)16-19-10-13-28-14-11-19/h3-5,8-11,13-14,18,21,30H,6-7,12,15-17H2,1-2H3,(H2,27,31)(H,29,33)(H,35,36)/t21?,26-/m0/s1. The highest BCUT2D eigenvalue weighted by atomic mass is 16.4. The average molecular weight is 495 g/mol. The fourth-order valence-electron chi connectivity index (χ4n) is 4.50. The maximum absolute atomic E-state index is 13.5. The van der Waals surface area contributed by atoms with Gasteiger partial charge in [0.15, 0.2) is 5.96 Å². The van der Waals surface area contributed by atoms with Crippen LogP contribution in [0.5, 0.6) is 0 Å². The minimum atomic E-state index is -1.27. The first-order valence-electron chi connectivity index (χ1n) is 12.1. The molecule has 10 nitrogen and oxygen atoms in total. The second-order valence-electron chi connectivity index (χ2n) is 9.36. The van der Waals surface area contributed by atoms with Crippen LogP contribution in [-0.2, 0) is 21.5 Å². The second kappa shape index (κ2) is 12.1. The summed E-state index contributed by atoms with van der Waals surface area (Å²) in [7, 11) is 0. The van der Waals surface area contributed by atoms with Crippen molar-refractivity contribution in [2.24, 2.45) is 5.92 Å². The molecule has 0 aliphatic carbocycles. The third kappa shape index (κ3) is 6.59. The molecule has 1 aromatic heterocycles. The molecule has 192 valence electrons. The summed E-state index contributed by atoms with van der Waals surface area (Å²) in [5.41, 5.74) is 0.679. The molecule has 1 aliphatic rings. The maximum Gasteiger partial charge on any atom is 0.405 e. The van der Waals surface area contributed by atoms with Gasteiger partial charge in [0, 0.05) is 31.9 Å². The Balaban J connectivity index is 1.53. The van der Waals surface area contributed by atoms with Crippen LogP contribution in [0.1, 0.15) is 44.2 Å². The summed E-state index contributed by atoms with van der Waals surface area (Å²) in [5, 5.41) is 25.7. The highest BCUT2D eigenvalue weighted by Crippen LogP contribution is 2.35. The van der Waals surface area contributed by atoms with E-state index in [1.165, 1.54) is 4.90 Å².